The van der Waals surface area contributed by atoms with Crippen LogP contribution in [0.3, 0.4) is 0 Å². The van der Waals surface area contributed by atoms with Crippen LogP contribution in [0.5, 0.6) is 5.75 Å². The Labute approximate surface area is 153 Å². The number of nitrogens with zero attached hydrogens (tertiary/aromatic N) is 1. The van der Waals surface area contributed by atoms with Crippen LogP contribution in [0.4, 0.5) is 5.69 Å². The molecule has 0 spiro atoms. The standard InChI is InChI=1S/C20H24N2O2S/c1-15-6-7-16(14-22-8-10-25-11-9-22)12-19(15)21-20(23)17-4-3-5-18(13-17)24-2/h3-7,12-13H,8-11,14H2,1-2H3,(H,21,23). The summed E-state index contributed by atoms with van der Waals surface area (Å²) in [5.41, 5.74) is 3.77. The van der Waals surface area contributed by atoms with Gasteiger partial charge in [-0.2, -0.15) is 11.8 Å². The van der Waals surface area contributed by atoms with Gasteiger partial charge in [-0.05, 0) is 42.3 Å². The van der Waals surface area contributed by atoms with Gasteiger partial charge in [0.2, 0.25) is 0 Å². The number of rotatable bonds is 5. The van der Waals surface area contributed by atoms with E-state index in [2.05, 4.69) is 28.4 Å². The van der Waals surface area contributed by atoms with Gasteiger partial charge in [0.1, 0.15) is 5.75 Å². The number of thioether (sulfide) groups is 1. The van der Waals surface area contributed by atoms with Crippen molar-refractivity contribution < 1.29 is 9.53 Å². The van der Waals surface area contributed by atoms with Gasteiger partial charge in [-0.15, -0.1) is 0 Å². The summed E-state index contributed by atoms with van der Waals surface area (Å²) < 4.78 is 5.20. The maximum atomic E-state index is 12.6. The number of ether oxygens (including phenoxy) is 1. The lowest BCUT2D eigenvalue weighted by Crippen LogP contribution is -2.32. The Morgan fingerprint density at radius 2 is 2.00 bits per heavy atom. The van der Waals surface area contributed by atoms with Crippen molar-refractivity contribution in [2.24, 2.45) is 0 Å². The van der Waals surface area contributed by atoms with Gasteiger partial charge in [-0.25, -0.2) is 0 Å². The van der Waals surface area contributed by atoms with Crippen LogP contribution in [0.15, 0.2) is 42.5 Å². The zero-order valence-electron chi connectivity index (χ0n) is 14.7. The summed E-state index contributed by atoms with van der Waals surface area (Å²) in [6.07, 6.45) is 0. The summed E-state index contributed by atoms with van der Waals surface area (Å²) in [5, 5.41) is 3.04. The summed E-state index contributed by atoms with van der Waals surface area (Å²) in [6, 6.07) is 13.5. The van der Waals surface area contributed by atoms with Crippen LogP contribution in [-0.2, 0) is 6.54 Å². The van der Waals surface area contributed by atoms with E-state index in [0.29, 0.717) is 11.3 Å². The Balaban J connectivity index is 1.72. The van der Waals surface area contributed by atoms with E-state index in [9.17, 15) is 4.79 Å². The van der Waals surface area contributed by atoms with Gasteiger partial charge in [-0.3, -0.25) is 9.69 Å². The largest absolute Gasteiger partial charge is 0.497 e. The van der Waals surface area contributed by atoms with E-state index in [-0.39, 0.29) is 5.91 Å². The third-order valence-electron chi connectivity index (χ3n) is 4.39. The van der Waals surface area contributed by atoms with Crippen LogP contribution in [-0.4, -0.2) is 42.5 Å². The summed E-state index contributed by atoms with van der Waals surface area (Å²) >= 11 is 2.01. The number of nitrogens with one attached hydrogen (secondary N) is 1. The Bertz CT molecular complexity index is 742. The summed E-state index contributed by atoms with van der Waals surface area (Å²) in [5.74, 6) is 2.96. The minimum Gasteiger partial charge on any atom is -0.497 e. The first-order valence-electron chi connectivity index (χ1n) is 8.51. The Morgan fingerprint density at radius 1 is 1.20 bits per heavy atom. The van der Waals surface area contributed by atoms with Gasteiger partial charge in [0.15, 0.2) is 0 Å². The first-order chi connectivity index (χ1) is 12.2. The van der Waals surface area contributed by atoms with Crippen molar-refractivity contribution in [2.45, 2.75) is 13.5 Å². The van der Waals surface area contributed by atoms with Crippen LogP contribution in [0, 0.1) is 6.92 Å². The molecule has 0 aliphatic carbocycles. The lowest BCUT2D eigenvalue weighted by molar-refractivity contribution is 0.102. The highest BCUT2D eigenvalue weighted by Crippen LogP contribution is 2.21. The average molecular weight is 356 g/mol. The van der Waals surface area contributed by atoms with Gasteiger partial charge < -0.3 is 10.1 Å². The smallest absolute Gasteiger partial charge is 0.255 e. The molecule has 25 heavy (non-hydrogen) atoms. The van der Waals surface area contributed by atoms with Crippen LogP contribution >= 0.6 is 11.8 Å². The zero-order chi connectivity index (χ0) is 17.6. The van der Waals surface area contributed by atoms with Gasteiger partial charge >= 0.3 is 0 Å². The molecular weight excluding hydrogens is 332 g/mol. The zero-order valence-corrected chi connectivity index (χ0v) is 15.6. The third kappa shape index (κ3) is 4.77. The van der Waals surface area contributed by atoms with Gasteiger partial charge in [0.25, 0.3) is 5.91 Å². The van der Waals surface area contributed by atoms with Gasteiger partial charge in [0.05, 0.1) is 7.11 Å². The normalized spacial score (nSPS) is 15.0. The Kier molecular flexibility index (Phi) is 6.00. The molecule has 0 bridgehead atoms. The Hall–Kier alpha value is -1.98. The molecule has 5 heteroatoms. The Morgan fingerprint density at radius 3 is 2.76 bits per heavy atom. The number of aryl methyl sites for hydroxylation is 1. The lowest BCUT2D eigenvalue weighted by Gasteiger charge is -2.26. The fourth-order valence-electron chi connectivity index (χ4n) is 2.88. The summed E-state index contributed by atoms with van der Waals surface area (Å²) in [6.45, 7) is 5.21. The number of hydrogen-bond donors (Lipinski definition) is 1. The number of carbonyl (C=O) groups is 1. The number of benzene rings is 2. The van der Waals surface area contributed by atoms with Crippen LogP contribution in [0.25, 0.3) is 0 Å². The molecule has 0 aromatic heterocycles. The SMILES string of the molecule is COc1cccc(C(=O)Nc2cc(CN3CCSCC3)ccc2C)c1. The highest BCUT2D eigenvalue weighted by atomic mass is 32.2. The predicted octanol–water partition coefficient (Wildman–Crippen LogP) is 3.80. The van der Waals surface area contributed by atoms with Crippen LogP contribution in [0.1, 0.15) is 21.5 Å². The lowest BCUT2D eigenvalue weighted by atomic mass is 10.1. The molecular formula is C20H24N2O2S. The molecule has 0 unspecified atom stereocenters. The van der Waals surface area contributed by atoms with Crippen molar-refractivity contribution in [3.8, 4) is 5.75 Å². The molecule has 1 fully saturated rings. The number of anilines is 1. The minimum atomic E-state index is -0.117. The van der Waals surface area contributed by atoms with E-state index in [1.54, 1.807) is 19.2 Å². The fraction of sp³-hybridized carbons (Fsp3) is 0.350. The van der Waals surface area contributed by atoms with E-state index in [4.69, 9.17) is 4.74 Å². The summed E-state index contributed by atoms with van der Waals surface area (Å²) in [7, 11) is 1.60. The first-order valence-corrected chi connectivity index (χ1v) is 9.66. The fourth-order valence-corrected chi connectivity index (χ4v) is 3.86. The molecule has 3 rings (SSSR count). The predicted molar refractivity (Wildman–Crippen MR) is 105 cm³/mol. The molecule has 1 aliphatic rings. The van der Waals surface area contributed by atoms with Crippen LogP contribution in [0.2, 0.25) is 0 Å². The van der Waals surface area contributed by atoms with Crippen LogP contribution < -0.4 is 10.1 Å². The van der Waals surface area contributed by atoms with Crippen molar-refractivity contribution in [3.63, 3.8) is 0 Å². The molecule has 132 valence electrons. The second-order valence-corrected chi connectivity index (χ2v) is 7.45. The van der Waals surface area contributed by atoms with Crippen molar-refractivity contribution in [1.29, 1.82) is 0 Å². The molecule has 1 N–H and O–H groups in total. The highest BCUT2D eigenvalue weighted by Gasteiger charge is 2.13. The van der Waals surface area contributed by atoms with E-state index in [1.165, 1.54) is 17.1 Å². The monoisotopic (exact) mass is 356 g/mol. The first kappa shape index (κ1) is 17.8. The van der Waals surface area contributed by atoms with Gasteiger partial charge in [0, 0.05) is 42.4 Å². The summed E-state index contributed by atoms with van der Waals surface area (Å²) in [4.78, 5) is 15.0. The van der Waals surface area contributed by atoms with Gasteiger partial charge in [-0.1, -0.05) is 18.2 Å². The maximum Gasteiger partial charge on any atom is 0.255 e. The van der Waals surface area contributed by atoms with Crippen molar-refractivity contribution in [1.82, 2.24) is 4.90 Å². The number of amides is 1. The molecule has 1 saturated heterocycles. The molecule has 1 amide bonds. The molecule has 4 nitrogen and oxygen atoms in total. The van der Waals surface area contributed by atoms with Crippen molar-refractivity contribution >= 4 is 23.4 Å². The quantitative estimate of drug-likeness (QED) is 0.885. The maximum absolute atomic E-state index is 12.6. The number of methoxy groups -OCH3 is 1. The van der Waals surface area contributed by atoms with E-state index in [0.717, 1.165) is 30.9 Å². The molecule has 2 aromatic rings. The second-order valence-electron chi connectivity index (χ2n) is 6.22. The molecule has 0 saturated carbocycles. The topological polar surface area (TPSA) is 41.6 Å². The molecule has 1 aliphatic heterocycles. The highest BCUT2D eigenvalue weighted by molar-refractivity contribution is 7.99. The number of carbonyl (C=O) groups excluding carboxylic acids is 1. The number of hydrogen-bond acceptors (Lipinski definition) is 4. The van der Waals surface area contributed by atoms with E-state index in [1.807, 2.05) is 30.8 Å². The molecule has 1 heterocycles. The second kappa shape index (κ2) is 8.41. The molecule has 0 radical (unpaired) electrons. The molecule has 0 atom stereocenters. The third-order valence-corrected chi connectivity index (χ3v) is 5.33. The minimum absolute atomic E-state index is 0.117. The molecule has 2 aromatic carbocycles. The van der Waals surface area contributed by atoms with Crippen molar-refractivity contribution in [2.75, 3.05) is 37.0 Å². The van der Waals surface area contributed by atoms with E-state index >= 15 is 0 Å². The average Bonchev–Trinajstić information content (AvgIpc) is 2.65. The van der Waals surface area contributed by atoms with Crippen molar-refractivity contribution in [3.05, 3.63) is 59.2 Å². The van der Waals surface area contributed by atoms with E-state index < -0.39 is 0 Å².